The Morgan fingerprint density at radius 2 is 1.43 bits per heavy atom. The van der Waals surface area contributed by atoms with Crippen LogP contribution in [0.5, 0.6) is 28.7 Å². The molecule has 7 heteroatoms. The molecule has 0 radical (unpaired) electrons. The van der Waals surface area contributed by atoms with Gasteiger partial charge in [0.2, 0.25) is 5.75 Å². The molecule has 3 aromatic rings. The van der Waals surface area contributed by atoms with Crippen molar-refractivity contribution in [2.24, 2.45) is 0 Å². The van der Waals surface area contributed by atoms with Gasteiger partial charge in [-0.05, 0) is 35.4 Å². The van der Waals surface area contributed by atoms with Gasteiger partial charge in [0, 0.05) is 37.8 Å². The van der Waals surface area contributed by atoms with Crippen molar-refractivity contribution < 1.29 is 23.7 Å². The zero-order chi connectivity index (χ0) is 24.6. The summed E-state index contributed by atoms with van der Waals surface area (Å²) in [5.41, 5.74) is 3.16. The van der Waals surface area contributed by atoms with Crippen molar-refractivity contribution in [3.63, 3.8) is 0 Å². The minimum absolute atomic E-state index is 0.0658. The van der Waals surface area contributed by atoms with Crippen LogP contribution in [0.4, 0.5) is 0 Å². The molecular weight excluding hydrogens is 444 g/mol. The van der Waals surface area contributed by atoms with Crippen LogP contribution in [0.3, 0.4) is 0 Å². The van der Waals surface area contributed by atoms with Crippen molar-refractivity contribution in [1.29, 1.82) is 0 Å². The molecule has 1 atom stereocenters. The summed E-state index contributed by atoms with van der Waals surface area (Å²) in [4.78, 5) is 2.44. The van der Waals surface area contributed by atoms with Gasteiger partial charge < -0.3 is 29.0 Å². The van der Waals surface area contributed by atoms with E-state index in [0.29, 0.717) is 23.9 Å². The number of piperazine rings is 1. The van der Waals surface area contributed by atoms with E-state index in [0.717, 1.165) is 54.4 Å². The molecule has 1 saturated heterocycles. The summed E-state index contributed by atoms with van der Waals surface area (Å²) >= 11 is 0. The van der Waals surface area contributed by atoms with Crippen LogP contribution < -0.4 is 29.0 Å². The van der Waals surface area contributed by atoms with Gasteiger partial charge in [0.25, 0.3) is 0 Å². The van der Waals surface area contributed by atoms with E-state index in [4.69, 9.17) is 23.7 Å². The second-order valence-electron chi connectivity index (χ2n) is 8.33. The van der Waals surface area contributed by atoms with Crippen molar-refractivity contribution in [2.75, 3.05) is 54.6 Å². The third-order valence-electron chi connectivity index (χ3n) is 6.28. The van der Waals surface area contributed by atoms with Crippen LogP contribution in [0.15, 0.2) is 60.7 Å². The molecular formula is C28H34N2O5. The Labute approximate surface area is 207 Å². The maximum atomic E-state index is 6.18. The molecule has 4 rings (SSSR count). The predicted octanol–water partition coefficient (Wildman–Crippen LogP) is 4.29. The number of ether oxygens (including phenoxy) is 5. The largest absolute Gasteiger partial charge is 0.497 e. The molecule has 1 aliphatic rings. The summed E-state index contributed by atoms with van der Waals surface area (Å²) in [6.07, 6.45) is 0. The van der Waals surface area contributed by atoms with E-state index in [9.17, 15) is 0 Å². The summed E-state index contributed by atoms with van der Waals surface area (Å²) in [5, 5.41) is 3.44. The summed E-state index contributed by atoms with van der Waals surface area (Å²) in [7, 11) is 6.66. The molecule has 1 fully saturated rings. The number of nitrogens with zero attached hydrogens (tertiary/aromatic N) is 1. The van der Waals surface area contributed by atoms with E-state index in [-0.39, 0.29) is 6.04 Å². The molecule has 1 unspecified atom stereocenters. The molecule has 1 heterocycles. The highest BCUT2D eigenvalue weighted by molar-refractivity contribution is 5.57. The minimum Gasteiger partial charge on any atom is -0.497 e. The Balaban J connectivity index is 1.77. The van der Waals surface area contributed by atoms with E-state index in [1.807, 2.05) is 54.6 Å². The highest BCUT2D eigenvalue weighted by atomic mass is 16.5. The highest BCUT2D eigenvalue weighted by Crippen LogP contribution is 2.44. The van der Waals surface area contributed by atoms with Crippen molar-refractivity contribution in [2.45, 2.75) is 12.6 Å². The molecule has 186 valence electrons. The molecule has 0 spiro atoms. The van der Waals surface area contributed by atoms with Gasteiger partial charge in [-0.3, -0.25) is 4.90 Å². The maximum Gasteiger partial charge on any atom is 0.203 e. The molecule has 3 aromatic carbocycles. The lowest BCUT2D eigenvalue weighted by atomic mass is 9.94. The lowest BCUT2D eigenvalue weighted by Gasteiger charge is -2.36. The summed E-state index contributed by atoms with van der Waals surface area (Å²) in [6, 6.07) is 20.0. The molecule has 35 heavy (non-hydrogen) atoms. The van der Waals surface area contributed by atoms with Crippen molar-refractivity contribution in [3.8, 4) is 28.7 Å². The van der Waals surface area contributed by atoms with Gasteiger partial charge >= 0.3 is 0 Å². The SMILES string of the molecule is COc1ccc(C(c2cc(OC)c(OCc3ccccc3)c(OC)c2)N2CCNCC2)c(OC)c1. The van der Waals surface area contributed by atoms with Gasteiger partial charge in [-0.15, -0.1) is 0 Å². The summed E-state index contributed by atoms with van der Waals surface area (Å²) < 4.78 is 29.0. The Hall–Kier alpha value is -3.42. The first-order valence-electron chi connectivity index (χ1n) is 11.8. The van der Waals surface area contributed by atoms with Crippen LogP contribution in [0.2, 0.25) is 0 Å². The minimum atomic E-state index is -0.0658. The van der Waals surface area contributed by atoms with E-state index in [1.165, 1.54) is 0 Å². The number of hydrogen-bond acceptors (Lipinski definition) is 7. The van der Waals surface area contributed by atoms with Crippen LogP contribution in [0.1, 0.15) is 22.7 Å². The van der Waals surface area contributed by atoms with E-state index in [2.05, 4.69) is 16.3 Å². The number of nitrogens with one attached hydrogen (secondary N) is 1. The normalized spacial score (nSPS) is 14.7. The third-order valence-corrected chi connectivity index (χ3v) is 6.28. The zero-order valence-electron chi connectivity index (χ0n) is 20.9. The zero-order valence-corrected chi connectivity index (χ0v) is 20.9. The molecule has 1 aliphatic heterocycles. The maximum absolute atomic E-state index is 6.18. The van der Waals surface area contributed by atoms with Gasteiger partial charge in [-0.25, -0.2) is 0 Å². The van der Waals surface area contributed by atoms with Gasteiger partial charge in [-0.2, -0.15) is 0 Å². The number of hydrogen-bond donors (Lipinski definition) is 1. The number of rotatable bonds is 10. The van der Waals surface area contributed by atoms with E-state index < -0.39 is 0 Å². The van der Waals surface area contributed by atoms with Gasteiger partial charge in [0.15, 0.2) is 11.5 Å². The van der Waals surface area contributed by atoms with Crippen LogP contribution in [0.25, 0.3) is 0 Å². The molecule has 0 aromatic heterocycles. The van der Waals surface area contributed by atoms with Crippen LogP contribution in [-0.4, -0.2) is 59.5 Å². The Morgan fingerprint density at radius 3 is 2.03 bits per heavy atom. The average molecular weight is 479 g/mol. The molecule has 0 amide bonds. The summed E-state index contributed by atoms with van der Waals surface area (Å²) in [5.74, 6) is 3.37. The number of benzene rings is 3. The molecule has 7 nitrogen and oxygen atoms in total. The quantitative estimate of drug-likeness (QED) is 0.466. The second kappa shape index (κ2) is 11.8. The van der Waals surface area contributed by atoms with Crippen molar-refractivity contribution in [1.82, 2.24) is 10.2 Å². The first kappa shape index (κ1) is 24.7. The Morgan fingerprint density at radius 1 is 0.771 bits per heavy atom. The van der Waals surface area contributed by atoms with Crippen LogP contribution in [-0.2, 0) is 6.61 Å². The van der Waals surface area contributed by atoms with Crippen molar-refractivity contribution in [3.05, 3.63) is 77.4 Å². The predicted molar refractivity (Wildman–Crippen MR) is 136 cm³/mol. The van der Waals surface area contributed by atoms with Gasteiger partial charge in [0.1, 0.15) is 18.1 Å². The van der Waals surface area contributed by atoms with Gasteiger partial charge in [0.05, 0.1) is 34.5 Å². The lowest BCUT2D eigenvalue weighted by Crippen LogP contribution is -2.45. The average Bonchev–Trinajstić information content (AvgIpc) is 2.93. The van der Waals surface area contributed by atoms with Crippen LogP contribution >= 0.6 is 0 Å². The van der Waals surface area contributed by atoms with E-state index >= 15 is 0 Å². The molecule has 0 aliphatic carbocycles. The standard InChI is InChI=1S/C28H34N2O5/c1-31-22-10-11-23(24(18-22)32-2)27(30-14-12-29-13-15-30)21-16-25(33-3)28(26(17-21)34-4)35-19-20-8-6-5-7-9-20/h5-11,16-18,27,29H,12-15,19H2,1-4H3. The third kappa shape index (κ3) is 5.63. The molecule has 1 N–H and O–H groups in total. The fraction of sp³-hybridized carbons (Fsp3) is 0.357. The first-order chi connectivity index (χ1) is 17.2. The first-order valence-corrected chi connectivity index (χ1v) is 11.8. The smallest absolute Gasteiger partial charge is 0.203 e. The fourth-order valence-corrected chi connectivity index (χ4v) is 4.50. The second-order valence-corrected chi connectivity index (χ2v) is 8.33. The Bertz CT molecular complexity index is 1070. The number of methoxy groups -OCH3 is 4. The topological polar surface area (TPSA) is 61.4 Å². The van der Waals surface area contributed by atoms with Crippen molar-refractivity contribution >= 4 is 0 Å². The van der Waals surface area contributed by atoms with Gasteiger partial charge in [-0.1, -0.05) is 30.3 Å². The lowest BCUT2D eigenvalue weighted by molar-refractivity contribution is 0.194. The Kier molecular flexibility index (Phi) is 8.34. The van der Waals surface area contributed by atoms with E-state index in [1.54, 1.807) is 28.4 Å². The molecule has 0 bridgehead atoms. The van der Waals surface area contributed by atoms with Crippen LogP contribution in [0, 0.1) is 0 Å². The monoisotopic (exact) mass is 478 g/mol. The fourth-order valence-electron chi connectivity index (χ4n) is 4.50. The summed E-state index contributed by atoms with van der Waals surface area (Å²) in [6.45, 7) is 4.05. The molecule has 0 saturated carbocycles. The highest BCUT2D eigenvalue weighted by Gasteiger charge is 2.29.